The van der Waals surface area contributed by atoms with Gasteiger partial charge in [0.1, 0.15) is 0 Å². The lowest BCUT2D eigenvalue weighted by atomic mass is 10.1. The number of piperidine rings is 1. The highest BCUT2D eigenvalue weighted by Crippen LogP contribution is 2.23. The van der Waals surface area contributed by atoms with Crippen LogP contribution in [0.4, 0.5) is 5.69 Å². The third-order valence-corrected chi connectivity index (χ3v) is 4.74. The Hall–Kier alpha value is -1.73. The maximum atomic E-state index is 12.5. The third kappa shape index (κ3) is 3.45. The van der Waals surface area contributed by atoms with Crippen molar-refractivity contribution in [3.63, 3.8) is 0 Å². The van der Waals surface area contributed by atoms with Gasteiger partial charge in [-0.25, -0.2) is 4.68 Å². The van der Waals surface area contributed by atoms with Crippen LogP contribution in [-0.4, -0.2) is 34.0 Å². The minimum atomic E-state index is -0.219. The van der Waals surface area contributed by atoms with Gasteiger partial charge in [0.15, 0.2) is 5.69 Å². The van der Waals surface area contributed by atoms with Crippen LogP contribution in [0, 0.1) is 13.8 Å². The van der Waals surface area contributed by atoms with E-state index in [0.29, 0.717) is 11.7 Å². The SMILES string of the molecule is Cc1ccc(Br)cc1NC(=O)c1nnn(C2CCNCC2)c1C. The van der Waals surface area contributed by atoms with E-state index in [-0.39, 0.29) is 5.91 Å². The number of carbonyl (C=O) groups excluding carboxylic acids is 1. The summed E-state index contributed by atoms with van der Waals surface area (Å²) in [5.74, 6) is -0.219. The van der Waals surface area contributed by atoms with E-state index in [1.54, 1.807) is 0 Å². The lowest BCUT2D eigenvalue weighted by molar-refractivity contribution is 0.102. The Kier molecular flexibility index (Phi) is 4.77. The van der Waals surface area contributed by atoms with Crippen LogP contribution in [0.2, 0.25) is 0 Å². The number of nitrogens with one attached hydrogen (secondary N) is 2. The summed E-state index contributed by atoms with van der Waals surface area (Å²) in [7, 11) is 0. The maximum absolute atomic E-state index is 12.5. The molecular formula is C16H20BrN5O. The monoisotopic (exact) mass is 377 g/mol. The molecule has 1 aliphatic rings. The van der Waals surface area contributed by atoms with Gasteiger partial charge in [0.2, 0.25) is 0 Å². The number of benzene rings is 1. The first kappa shape index (κ1) is 16.1. The Morgan fingerprint density at radius 2 is 2.09 bits per heavy atom. The van der Waals surface area contributed by atoms with Crippen LogP contribution in [0.5, 0.6) is 0 Å². The van der Waals surface area contributed by atoms with E-state index < -0.39 is 0 Å². The van der Waals surface area contributed by atoms with E-state index in [0.717, 1.165) is 47.3 Å². The Morgan fingerprint density at radius 3 is 2.83 bits per heavy atom. The summed E-state index contributed by atoms with van der Waals surface area (Å²) in [6.07, 6.45) is 2.02. The Bertz CT molecular complexity index is 721. The molecule has 1 saturated heterocycles. The molecule has 1 amide bonds. The van der Waals surface area contributed by atoms with Crippen molar-refractivity contribution in [1.29, 1.82) is 0 Å². The van der Waals surface area contributed by atoms with Gasteiger partial charge in [-0.3, -0.25) is 4.79 Å². The molecule has 2 heterocycles. The number of aromatic nitrogens is 3. The molecule has 6 nitrogen and oxygen atoms in total. The van der Waals surface area contributed by atoms with Crippen molar-refractivity contribution in [2.45, 2.75) is 32.7 Å². The molecule has 2 aromatic rings. The second kappa shape index (κ2) is 6.80. The first-order valence-electron chi connectivity index (χ1n) is 7.76. The van der Waals surface area contributed by atoms with Gasteiger partial charge in [0.05, 0.1) is 11.7 Å². The minimum absolute atomic E-state index is 0.219. The van der Waals surface area contributed by atoms with Crippen molar-refractivity contribution in [3.05, 3.63) is 39.6 Å². The topological polar surface area (TPSA) is 71.8 Å². The molecule has 3 rings (SSSR count). The van der Waals surface area contributed by atoms with Crippen LogP contribution in [0.3, 0.4) is 0 Å². The molecule has 1 aliphatic heterocycles. The van der Waals surface area contributed by atoms with Gasteiger partial charge in [0.25, 0.3) is 5.91 Å². The molecule has 0 aliphatic carbocycles. The van der Waals surface area contributed by atoms with E-state index >= 15 is 0 Å². The summed E-state index contributed by atoms with van der Waals surface area (Å²) < 4.78 is 2.82. The molecule has 0 bridgehead atoms. The van der Waals surface area contributed by atoms with Crippen LogP contribution in [0.25, 0.3) is 0 Å². The van der Waals surface area contributed by atoms with Crippen LogP contribution in [0.15, 0.2) is 22.7 Å². The van der Waals surface area contributed by atoms with Crippen molar-refractivity contribution in [2.75, 3.05) is 18.4 Å². The average Bonchev–Trinajstić information content (AvgIpc) is 2.93. The summed E-state index contributed by atoms with van der Waals surface area (Å²) in [4.78, 5) is 12.5. The zero-order chi connectivity index (χ0) is 16.4. The van der Waals surface area contributed by atoms with Crippen molar-refractivity contribution >= 4 is 27.5 Å². The van der Waals surface area contributed by atoms with E-state index in [1.807, 2.05) is 36.7 Å². The van der Waals surface area contributed by atoms with Crippen LogP contribution < -0.4 is 10.6 Å². The van der Waals surface area contributed by atoms with Crippen molar-refractivity contribution in [3.8, 4) is 0 Å². The zero-order valence-corrected chi connectivity index (χ0v) is 14.9. The number of anilines is 1. The second-order valence-corrected chi connectivity index (χ2v) is 6.78. The summed E-state index contributed by atoms with van der Waals surface area (Å²) in [6.45, 7) is 5.82. The summed E-state index contributed by atoms with van der Waals surface area (Å²) in [5, 5.41) is 14.6. The summed E-state index contributed by atoms with van der Waals surface area (Å²) >= 11 is 3.42. The number of hydrogen-bond donors (Lipinski definition) is 2. The van der Waals surface area contributed by atoms with Crippen molar-refractivity contribution < 1.29 is 4.79 Å². The summed E-state index contributed by atoms with van der Waals surface area (Å²) in [5.41, 5.74) is 3.00. The van der Waals surface area contributed by atoms with E-state index in [9.17, 15) is 4.79 Å². The van der Waals surface area contributed by atoms with Gasteiger partial charge in [-0.2, -0.15) is 0 Å². The molecule has 0 unspecified atom stereocenters. The number of halogens is 1. The standard InChI is InChI=1S/C16H20BrN5O/c1-10-3-4-12(17)9-14(10)19-16(23)15-11(2)22(21-20-15)13-5-7-18-8-6-13/h3-4,9,13,18H,5-8H2,1-2H3,(H,19,23). The molecular weight excluding hydrogens is 358 g/mol. The smallest absolute Gasteiger partial charge is 0.278 e. The Morgan fingerprint density at radius 1 is 1.35 bits per heavy atom. The van der Waals surface area contributed by atoms with Gasteiger partial charge in [0, 0.05) is 10.2 Å². The van der Waals surface area contributed by atoms with Gasteiger partial charge in [-0.1, -0.05) is 27.2 Å². The largest absolute Gasteiger partial charge is 0.320 e. The second-order valence-electron chi connectivity index (χ2n) is 5.86. The highest BCUT2D eigenvalue weighted by atomic mass is 79.9. The van der Waals surface area contributed by atoms with Gasteiger partial charge in [-0.15, -0.1) is 5.10 Å². The average molecular weight is 378 g/mol. The normalized spacial score (nSPS) is 15.6. The van der Waals surface area contributed by atoms with E-state index in [1.165, 1.54) is 0 Å². The molecule has 0 saturated carbocycles. The molecule has 1 aromatic carbocycles. The molecule has 1 fully saturated rings. The number of aryl methyl sites for hydroxylation is 1. The van der Waals surface area contributed by atoms with E-state index in [2.05, 4.69) is 36.9 Å². The maximum Gasteiger partial charge on any atom is 0.278 e. The molecule has 0 radical (unpaired) electrons. The lowest BCUT2D eigenvalue weighted by Gasteiger charge is -2.23. The first-order valence-corrected chi connectivity index (χ1v) is 8.55. The van der Waals surface area contributed by atoms with Gasteiger partial charge >= 0.3 is 0 Å². The molecule has 2 N–H and O–H groups in total. The van der Waals surface area contributed by atoms with Crippen LogP contribution >= 0.6 is 15.9 Å². The zero-order valence-electron chi connectivity index (χ0n) is 13.3. The number of nitrogens with zero attached hydrogens (tertiary/aromatic N) is 3. The summed E-state index contributed by atoms with van der Waals surface area (Å²) in [6, 6.07) is 6.11. The number of amides is 1. The number of carbonyl (C=O) groups is 1. The predicted molar refractivity (Wildman–Crippen MR) is 92.7 cm³/mol. The molecule has 0 spiro atoms. The van der Waals surface area contributed by atoms with Crippen molar-refractivity contribution in [1.82, 2.24) is 20.3 Å². The van der Waals surface area contributed by atoms with Crippen LogP contribution in [-0.2, 0) is 0 Å². The first-order chi connectivity index (χ1) is 11.1. The molecule has 7 heteroatoms. The van der Waals surface area contributed by atoms with Gasteiger partial charge in [-0.05, 0) is 57.5 Å². The fourth-order valence-electron chi connectivity index (χ4n) is 2.86. The lowest BCUT2D eigenvalue weighted by Crippen LogP contribution is -2.30. The Labute approximate surface area is 143 Å². The third-order valence-electron chi connectivity index (χ3n) is 4.24. The highest BCUT2D eigenvalue weighted by Gasteiger charge is 2.23. The van der Waals surface area contributed by atoms with Crippen molar-refractivity contribution in [2.24, 2.45) is 0 Å². The van der Waals surface area contributed by atoms with Gasteiger partial charge < -0.3 is 10.6 Å². The fourth-order valence-corrected chi connectivity index (χ4v) is 3.22. The molecule has 122 valence electrons. The van der Waals surface area contributed by atoms with Crippen LogP contribution in [0.1, 0.15) is 40.6 Å². The Balaban J connectivity index is 1.80. The number of hydrogen-bond acceptors (Lipinski definition) is 4. The fraction of sp³-hybridized carbons (Fsp3) is 0.438. The molecule has 0 atom stereocenters. The van der Waals surface area contributed by atoms with E-state index in [4.69, 9.17) is 0 Å². The highest BCUT2D eigenvalue weighted by molar-refractivity contribution is 9.10. The predicted octanol–water partition coefficient (Wildman–Crippen LogP) is 2.83. The minimum Gasteiger partial charge on any atom is -0.320 e. The molecule has 1 aromatic heterocycles. The molecule has 23 heavy (non-hydrogen) atoms. The number of rotatable bonds is 3. The quantitative estimate of drug-likeness (QED) is 0.862.